The van der Waals surface area contributed by atoms with E-state index in [2.05, 4.69) is 21.3 Å². The van der Waals surface area contributed by atoms with Gasteiger partial charge in [-0.05, 0) is 0 Å². The number of amides is 1. The van der Waals surface area contributed by atoms with Crippen LogP contribution in [0.25, 0.3) is 0 Å². The van der Waals surface area contributed by atoms with E-state index in [1.165, 1.54) is 0 Å². The van der Waals surface area contributed by atoms with Gasteiger partial charge in [0.15, 0.2) is 0 Å². The molecular formula is C4H8AgNO2. The fourth-order valence-corrected chi connectivity index (χ4v) is 0.463. The molecule has 1 N–H and O–H groups in total. The first-order chi connectivity index (χ1) is 3.68. The molecule has 0 aliphatic heterocycles. The molecule has 0 aromatic rings. The second-order valence-electron chi connectivity index (χ2n) is 1.37. The number of carbonyl (C=O) groups is 1. The van der Waals surface area contributed by atoms with Crippen LogP contribution in [0.4, 0.5) is 0 Å². The summed E-state index contributed by atoms with van der Waals surface area (Å²) in [6.45, 7) is 1.87. The molecule has 1 amide bonds. The van der Waals surface area contributed by atoms with Crippen LogP contribution in [-0.4, -0.2) is 14.6 Å². The van der Waals surface area contributed by atoms with Crippen molar-refractivity contribution in [2.75, 3.05) is 0 Å². The molecule has 0 unspecified atom stereocenters. The molecule has 0 spiro atoms. The molecule has 0 radical (unpaired) electrons. The Bertz CT molecular complexity index is 84.1. The fourth-order valence-electron chi connectivity index (χ4n) is 0.298. The molecule has 0 aromatic carbocycles. The van der Waals surface area contributed by atoms with Gasteiger partial charge in [-0.2, -0.15) is 0 Å². The maximum absolute atomic E-state index is 10.4. The molecule has 0 heterocycles. The van der Waals surface area contributed by atoms with E-state index in [9.17, 15) is 4.79 Å². The van der Waals surface area contributed by atoms with Gasteiger partial charge in [0.05, 0.1) is 0 Å². The van der Waals surface area contributed by atoms with Crippen LogP contribution in [0.15, 0.2) is 0 Å². The normalized spacial score (nSPS) is 9.00. The van der Waals surface area contributed by atoms with Crippen LogP contribution in [-0.2, 0) is 26.1 Å². The van der Waals surface area contributed by atoms with E-state index >= 15 is 0 Å². The van der Waals surface area contributed by atoms with Gasteiger partial charge >= 0.3 is 60.5 Å². The van der Waals surface area contributed by atoms with Crippen LogP contribution in [0.1, 0.15) is 19.8 Å². The molecule has 0 aliphatic rings. The number of nitrogens with zero attached hydrogens (tertiary/aromatic N) is 1. The minimum absolute atomic E-state index is 0.314. The molecule has 0 atom stereocenters. The van der Waals surface area contributed by atoms with Gasteiger partial charge in [-0.25, -0.2) is 0 Å². The summed E-state index contributed by atoms with van der Waals surface area (Å²) in [5, 5.41) is 8.35. The number of hydroxylamine groups is 1. The zero-order valence-corrected chi connectivity index (χ0v) is 6.00. The minimum atomic E-state index is -0.314. The number of hydrogen-bond acceptors (Lipinski definition) is 2. The number of hydrogen-bond donors (Lipinski definition) is 1. The second-order valence-corrected chi connectivity index (χ2v) is 2.00. The second kappa shape index (κ2) is 4.09. The molecule has 0 aromatic heterocycles. The number of carbonyl (C=O) groups excluding carboxylic acids is 1. The molecule has 0 saturated heterocycles. The first-order valence-corrected chi connectivity index (χ1v) is 2.99. The van der Waals surface area contributed by atoms with Crippen molar-refractivity contribution in [3.8, 4) is 0 Å². The Morgan fingerprint density at radius 1 is 1.88 bits per heavy atom. The monoisotopic (exact) mass is 209 g/mol. The Morgan fingerprint density at radius 2 is 2.38 bits per heavy atom. The third-order valence-corrected chi connectivity index (χ3v) is 1.02. The quantitative estimate of drug-likeness (QED) is 0.408. The van der Waals surface area contributed by atoms with E-state index in [4.69, 9.17) is 5.21 Å². The Balaban J connectivity index is 3.33. The van der Waals surface area contributed by atoms with Crippen LogP contribution in [0.5, 0.6) is 0 Å². The summed E-state index contributed by atoms with van der Waals surface area (Å²) < 4.78 is 0.425. The molecule has 0 aliphatic carbocycles. The summed E-state index contributed by atoms with van der Waals surface area (Å²) in [6, 6.07) is 0. The predicted octanol–water partition coefficient (Wildman–Crippen LogP) is 0.466. The van der Waals surface area contributed by atoms with Crippen LogP contribution in [0, 0.1) is 0 Å². The molecule has 3 nitrogen and oxygen atoms in total. The molecule has 4 heteroatoms. The van der Waals surface area contributed by atoms with E-state index in [0.29, 0.717) is 9.89 Å². The standard InChI is InChI=1S/C4H9NO2.Ag/c1-2-3-4(6)5-7;/h2-3H2,1H3,(H2,5,6,7);/q;+1/p-1. The van der Waals surface area contributed by atoms with E-state index in [0.717, 1.165) is 6.42 Å². The Morgan fingerprint density at radius 3 is 2.50 bits per heavy atom. The Kier molecular flexibility index (Phi) is 4.18. The van der Waals surface area contributed by atoms with Gasteiger partial charge < -0.3 is 0 Å². The molecule has 0 bridgehead atoms. The van der Waals surface area contributed by atoms with Gasteiger partial charge in [0.25, 0.3) is 0 Å². The van der Waals surface area contributed by atoms with Gasteiger partial charge in [0.2, 0.25) is 0 Å². The summed E-state index contributed by atoms with van der Waals surface area (Å²) in [7, 11) is 0. The van der Waals surface area contributed by atoms with E-state index in [1.54, 1.807) is 0 Å². The first-order valence-electron chi connectivity index (χ1n) is 2.32. The van der Waals surface area contributed by atoms with E-state index in [1.807, 2.05) is 6.92 Å². The summed E-state index contributed by atoms with van der Waals surface area (Å²) in [5.41, 5.74) is 0. The molecule has 0 saturated carbocycles. The average Bonchev–Trinajstić information content (AvgIpc) is 1.67. The van der Waals surface area contributed by atoms with Crippen molar-refractivity contribution in [3.05, 3.63) is 0 Å². The van der Waals surface area contributed by atoms with Gasteiger partial charge in [0, 0.05) is 0 Å². The number of rotatable bonds is 2. The predicted molar refractivity (Wildman–Crippen MR) is 23.5 cm³/mol. The molecule has 0 rings (SSSR count). The van der Waals surface area contributed by atoms with Crippen molar-refractivity contribution in [3.63, 3.8) is 0 Å². The molecule has 8 heavy (non-hydrogen) atoms. The molecule has 0 fully saturated rings. The van der Waals surface area contributed by atoms with Crippen LogP contribution in [0.2, 0.25) is 0 Å². The van der Waals surface area contributed by atoms with Gasteiger partial charge in [-0.3, -0.25) is 0 Å². The van der Waals surface area contributed by atoms with Crippen LogP contribution < -0.4 is 0 Å². The van der Waals surface area contributed by atoms with Crippen LogP contribution in [0.3, 0.4) is 0 Å². The molecular weight excluding hydrogens is 202 g/mol. The SMILES string of the molecule is CCCC(=O)[N](O)[Ag]. The summed E-state index contributed by atoms with van der Waals surface area (Å²) in [6.07, 6.45) is 1.13. The maximum atomic E-state index is 10.4. The van der Waals surface area contributed by atoms with Crippen molar-refractivity contribution in [1.82, 2.24) is 3.47 Å². The average molecular weight is 210 g/mol. The molecule has 52 valence electrons. The van der Waals surface area contributed by atoms with E-state index in [-0.39, 0.29) is 5.91 Å². The summed E-state index contributed by atoms with van der Waals surface area (Å²) in [5.74, 6) is -0.314. The zero-order chi connectivity index (χ0) is 6.57. The Hall–Kier alpha value is 0.170. The van der Waals surface area contributed by atoms with Gasteiger partial charge in [0.1, 0.15) is 0 Å². The summed E-state index contributed by atoms with van der Waals surface area (Å²) >= 11 is 2.60. The van der Waals surface area contributed by atoms with Crippen molar-refractivity contribution >= 4 is 5.91 Å². The summed E-state index contributed by atoms with van der Waals surface area (Å²) in [4.78, 5) is 10.4. The zero-order valence-electron chi connectivity index (χ0n) is 4.52. The topological polar surface area (TPSA) is 40.5 Å². The van der Waals surface area contributed by atoms with Crippen molar-refractivity contribution in [2.24, 2.45) is 0 Å². The van der Waals surface area contributed by atoms with Crippen LogP contribution >= 0.6 is 0 Å². The van der Waals surface area contributed by atoms with Gasteiger partial charge in [-0.15, -0.1) is 0 Å². The van der Waals surface area contributed by atoms with Crippen molar-refractivity contribution in [2.45, 2.75) is 19.8 Å². The van der Waals surface area contributed by atoms with E-state index < -0.39 is 0 Å². The third-order valence-electron chi connectivity index (χ3n) is 0.651. The third kappa shape index (κ3) is 3.21. The van der Waals surface area contributed by atoms with Crippen molar-refractivity contribution in [1.29, 1.82) is 0 Å². The first kappa shape index (κ1) is 8.17. The van der Waals surface area contributed by atoms with Gasteiger partial charge in [-0.1, -0.05) is 0 Å². The fraction of sp³-hybridized carbons (Fsp3) is 0.750. The Labute approximate surface area is 60.9 Å². The van der Waals surface area contributed by atoms with Crippen molar-refractivity contribution < 1.29 is 31.3 Å².